The average molecular weight is 1090 g/mol. The van der Waals surface area contributed by atoms with E-state index in [1.165, 1.54) is 334 Å². The molecule has 2 atom stereocenters. The molecular formula is C71H139NO5. The lowest BCUT2D eigenvalue weighted by Crippen LogP contribution is -2.45. The second-order valence-corrected chi connectivity index (χ2v) is 24.6. The van der Waals surface area contributed by atoms with Crippen molar-refractivity contribution in [2.45, 2.75) is 418 Å². The zero-order chi connectivity index (χ0) is 55.7. The number of allylic oxidation sites excluding steroid dienone is 2. The van der Waals surface area contributed by atoms with Gasteiger partial charge in [-0.2, -0.15) is 0 Å². The van der Waals surface area contributed by atoms with Gasteiger partial charge < -0.3 is 20.3 Å². The van der Waals surface area contributed by atoms with Crippen molar-refractivity contribution < 1.29 is 24.5 Å². The number of unbranched alkanes of at least 4 members (excludes halogenated alkanes) is 54. The quantitative estimate of drug-likeness (QED) is 0.0320. The fourth-order valence-electron chi connectivity index (χ4n) is 11.4. The molecule has 0 fully saturated rings. The molecule has 6 nitrogen and oxygen atoms in total. The highest BCUT2D eigenvalue weighted by atomic mass is 16.5. The maximum Gasteiger partial charge on any atom is 0.305 e. The molecule has 458 valence electrons. The van der Waals surface area contributed by atoms with Gasteiger partial charge in [0.15, 0.2) is 0 Å². The summed E-state index contributed by atoms with van der Waals surface area (Å²) in [5.74, 6) is -0.0109. The Labute approximate surface area is 482 Å². The summed E-state index contributed by atoms with van der Waals surface area (Å²) in [6.45, 7) is 4.98. The molecular weight excluding hydrogens is 947 g/mol. The van der Waals surface area contributed by atoms with E-state index in [1.807, 2.05) is 0 Å². The third-order valence-electron chi connectivity index (χ3n) is 16.8. The number of amides is 1. The molecule has 0 aromatic carbocycles. The van der Waals surface area contributed by atoms with Crippen molar-refractivity contribution in [1.82, 2.24) is 5.32 Å². The summed E-state index contributed by atoms with van der Waals surface area (Å²) < 4.78 is 5.51. The van der Waals surface area contributed by atoms with E-state index in [4.69, 9.17) is 4.74 Å². The van der Waals surface area contributed by atoms with Crippen LogP contribution in [0.2, 0.25) is 0 Å². The van der Waals surface area contributed by atoms with Crippen molar-refractivity contribution >= 4 is 11.9 Å². The van der Waals surface area contributed by atoms with Crippen molar-refractivity contribution in [3.63, 3.8) is 0 Å². The van der Waals surface area contributed by atoms with Gasteiger partial charge in [0.25, 0.3) is 0 Å². The fraction of sp³-hybridized carbons (Fsp3) is 0.944. The normalized spacial score (nSPS) is 12.5. The minimum atomic E-state index is -0.659. The van der Waals surface area contributed by atoms with Crippen LogP contribution in [-0.4, -0.2) is 47.4 Å². The molecule has 77 heavy (non-hydrogen) atoms. The lowest BCUT2D eigenvalue weighted by Gasteiger charge is -2.22. The summed E-state index contributed by atoms with van der Waals surface area (Å²) in [6, 6.07) is -0.536. The second-order valence-electron chi connectivity index (χ2n) is 24.6. The lowest BCUT2D eigenvalue weighted by atomic mass is 10.0. The number of hydrogen-bond donors (Lipinski definition) is 3. The van der Waals surface area contributed by atoms with Crippen LogP contribution >= 0.6 is 0 Å². The Morgan fingerprint density at radius 3 is 0.922 bits per heavy atom. The summed E-state index contributed by atoms with van der Waals surface area (Å²) in [6.07, 6.45) is 82.8. The molecule has 0 saturated carbocycles. The van der Waals surface area contributed by atoms with E-state index in [1.54, 1.807) is 0 Å². The highest BCUT2D eigenvalue weighted by Crippen LogP contribution is 2.19. The van der Waals surface area contributed by atoms with Crippen LogP contribution in [0.3, 0.4) is 0 Å². The van der Waals surface area contributed by atoms with Crippen molar-refractivity contribution in [2.75, 3.05) is 13.2 Å². The largest absolute Gasteiger partial charge is 0.466 e. The minimum absolute atomic E-state index is 0.0186. The molecule has 0 aliphatic carbocycles. The predicted octanol–water partition coefficient (Wildman–Crippen LogP) is 22.8. The van der Waals surface area contributed by atoms with Crippen molar-refractivity contribution in [1.29, 1.82) is 0 Å². The van der Waals surface area contributed by atoms with E-state index in [0.717, 1.165) is 38.5 Å². The summed E-state index contributed by atoms with van der Waals surface area (Å²) in [5, 5.41) is 23.2. The molecule has 0 aromatic rings. The first-order valence-corrected chi connectivity index (χ1v) is 35.4. The molecule has 0 aliphatic heterocycles. The van der Waals surface area contributed by atoms with E-state index in [2.05, 4.69) is 31.3 Å². The first kappa shape index (κ1) is 75.6. The molecule has 0 aromatic heterocycles. The van der Waals surface area contributed by atoms with Gasteiger partial charge >= 0.3 is 5.97 Å². The molecule has 6 heteroatoms. The Morgan fingerprint density at radius 1 is 0.351 bits per heavy atom. The van der Waals surface area contributed by atoms with Crippen LogP contribution in [0.15, 0.2) is 12.2 Å². The average Bonchev–Trinajstić information content (AvgIpc) is 3.43. The summed E-state index contributed by atoms with van der Waals surface area (Å²) in [4.78, 5) is 24.6. The number of nitrogens with one attached hydrogen (secondary N) is 1. The maximum atomic E-state index is 12.5. The fourth-order valence-corrected chi connectivity index (χ4v) is 11.4. The molecule has 0 radical (unpaired) electrons. The van der Waals surface area contributed by atoms with Gasteiger partial charge in [-0.3, -0.25) is 9.59 Å². The van der Waals surface area contributed by atoms with E-state index in [0.29, 0.717) is 25.9 Å². The number of hydrogen-bond acceptors (Lipinski definition) is 5. The third kappa shape index (κ3) is 63.6. The van der Waals surface area contributed by atoms with Gasteiger partial charge in [-0.1, -0.05) is 353 Å². The van der Waals surface area contributed by atoms with Gasteiger partial charge in [0.05, 0.1) is 25.4 Å². The predicted molar refractivity (Wildman–Crippen MR) is 338 cm³/mol. The molecule has 0 bridgehead atoms. The monoisotopic (exact) mass is 1090 g/mol. The molecule has 0 heterocycles. The Kier molecular flexibility index (Phi) is 65.9. The van der Waals surface area contributed by atoms with Crippen LogP contribution < -0.4 is 5.32 Å². The Hall–Kier alpha value is -1.40. The highest BCUT2D eigenvalue weighted by Gasteiger charge is 2.20. The number of carbonyl (C=O) groups excluding carboxylic acids is 2. The van der Waals surface area contributed by atoms with Crippen LogP contribution in [0.1, 0.15) is 406 Å². The van der Waals surface area contributed by atoms with Crippen LogP contribution in [0.4, 0.5) is 0 Å². The van der Waals surface area contributed by atoms with Crippen LogP contribution in [0, 0.1) is 0 Å². The van der Waals surface area contributed by atoms with Gasteiger partial charge in [-0.15, -0.1) is 0 Å². The van der Waals surface area contributed by atoms with Gasteiger partial charge in [0.2, 0.25) is 5.91 Å². The van der Waals surface area contributed by atoms with Crippen LogP contribution in [0.25, 0.3) is 0 Å². The molecule has 0 spiro atoms. The molecule has 2 unspecified atom stereocenters. The third-order valence-corrected chi connectivity index (χ3v) is 16.8. The second kappa shape index (κ2) is 67.1. The Balaban J connectivity index is 3.29. The maximum absolute atomic E-state index is 12.5. The van der Waals surface area contributed by atoms with Gasteiger partial charge in [-0.05, 0) is 51.4 Å². The lowest BCUT2D eigenvalue weighted by molar-refractivity contribution is -0.143. The SMILES string of the molecule is CCCCCCCCC/C=C\CCCCCCCCCC(=O)OCCCCCCCCCCCCCCCCCCCCCCCCCCCCCCCCCC(=O)NC(CO)C(O)CCCCCCCCCCCCC. The van der Waals surface area contributed by atoms with Crippen molar-refractivity contribution in [3.8, 4) is 0 Å². The highest BCUT2D eigenvalue weighted by molar-refractivity contribution is 5.76. The van der Waals surface area contributed by atoms with Gasteiger partial charge in [0.1, 0.15) is 0 Å². The Bertz CT molecular complexity index is 1160. The minimum Gasteiger partial charge on any atom is -0.466 e. The summed E-state index contributed by atoms with van der Waals surface area (Å²) >= 11 is 0. The molecule has 0 rings (SSSR count). The number of esters is 1. The molecule has 0 aliphatic rings. The van der Waals surface area contributed by atoms with Crippen LogP contribution in [0.5, 0.6) is 0 Å². The first-order valence-electron chi connectivity index (χ1n) is 35.4. The zero-order valence-corrected chi connectivity index (χ0v) is 52.5. The molecule has 0 saturated heterocycles. The number of aliphatic hydroxyl groups excluding tert-OH is 2. The number of ether oxygens (including phenoxy) is 1. The van der Waals surface area contributed by atoms with E-state index in [-0.39, 0.29) is 18.5 Å². The van der Waals surface area contributed by atoms with Gasteiger partial charge in [-0.25, -0.2) is 0 Å². The number of carbonyl (C=O) groups is 2. The first-order chi connectivity index (χ1) is 38.0. The molecule has 1 amide bonds. The summed E-state index contributed by atoms with van der Waals surface area (Å²) in [7, 11) is 0. The van der Waals surface area contributed by atoms with E-state index < -0.39 is 12.1 Å². The topological polar surface area (TPSA) is 95.9 Å². The Morgan fingerprint density at radius 2 is 0.610 bits per heavy atom. The number of aliphatic hydroxyl groups is 2. The van der Waals surface area contributed by atoms with Crippen LogP contribution in [-0.2, 0) is 14.3 Å². The van der Waals surface area contributed by atoms with E-state index in [9.17, 15) is 19.8 Å². The molecule has 3 N–H and O–H groups in total. The van der Waals surface area contributed by atoms with Crippen molar-refractivity contribution in [3.05, 3.63) is 12.2 Å². The van der Waals surface area contributed by atoms with E-state index >= 15 is 0 Å². The smallest absolute Gasteiger partial charge is 0.305 e. The number of rotatable bonds is 67. The summed E-state index contributed by atoms with van der Waals surface area (Å²) in [5.41, 5.74) is 0. The standard InChI is InChI=1S/C71H139NO5/c1-3-5-7-9-11-13-15-16-17-18-35-38-41-45-49-53-57-61-65-71(76)77-66-62-58-54-50-46-42-39-36-33-31-29-27-25-23-21-19-20-22-24-26-28-30-32-34-37-40-44-48-52-56-60-64-70(75)72-68(67-73)69(74)63-59-55-51-47-43-14-12-10-8-6-4-2/h17-18,68-69,73-74H,3-16,19-67H2,1-2H3,(H,72,75)/b18-17-. The van der Waals surface area contributed by atoms with Gasteiger partial charge in [0, 0.05) is 12.8 Å². The van der Waals surface area contributed by atoms with Crippen molar-refractivity contribution in [2.24, 2.45) is 0 Å². The zero-order valence-electron chi connectivity index (χ0n) is 52.5.